The monoisotopic (exact) mass is 252 g/mol. The van der Waals surface area contributed by atoms with Crippen LogP contribution in [0.2, 0.25) is 0 Å². The van der Waals surface area contributed by atoms with Gasteiger partial charge >= 0.3 is 6.36 Å². The fraction of sp³-hybridized carbons (Fsp3) is 0.300. The second kappa shape index (κ2) is 5.21. The molecule has 0 aliphatic carbocycles. The van der Waals surface area contributed by atoms with E-state index in [-0.39, 0.29) is 12.2 Å². The molecule has 0 bridgehead atoms. The average Bonchev–Trinajstić information content (AvgIpc) is 2.18. The van der Waals surface area contributed by atoms with Crippen LogP contribution in [0.15, 0.2) is 24.3 Å². The van der Waals surface area contributed by atoms with Crippen molar-refractivity contribution in [3.63, 3.8) is 0 Å². The second-order valence-electron chi connectivity index (χ2n) is 3.05. The highest BCUT2D eigenvalue weighted by Crippen LogP contribution is 2.23. The van der Waals surface area contributed by atoms with Crippen molar-refractivity contribution in [2.75, 3.05) is 0 Å². The van der Waals surface area contributed by atoms with Crippen LogP contribution >= 0.6 is 11.6 Å². The molecule has 6 heteroatoms. The molecule has 1 atom stereocenters. The lowest BCUT2D eigenvalue weighted by Crippen LogP contribution is -2.17. The molecule has 1 aromatic rings. The number of aldehydes is 1. The molecule has 0 N–H and O–H groups in total. The standard InChI is InChI=1S/C10H8ClF3O2/c11-8(6-15)5-7-1-3-9(4-2-7)16-10(12,13)14/h1-4,6,8H,5H2. The van der Waals surface area contributed by atoms with Crippen LogP contribution < -0.4 is 4.74 Å². The Bertz CT molecular complexity index is 348. The summed E-state index contributed by atoms with van der Waals surface area (Å²) >= 11 is 5.57. The van der Waals surface area contributed by atoms with Gasteiger partial charge in [-0.3, -0.25) is 0 Å². The van der Waals surface area contributed by atoms with Crippen molar-refractivity contribution in [1.82, 2.24) is 0 Å². The van der Waals surface area contributed by atoms with Gasteiger partial charge in [0.1, 0.15) is 12.0 Å². The van der Waals surface area contributed by atoms with Crippen molar-refractivity contribution in [2.24, 2.45) is 0 Å². The molecule has 1 unspecified atom stereocenters. The van der Waals surface area contributed by atoms with Crippen LogP contribution in [0.3, 0.4) is 0 Å². The lowest BCUT2D eigenvalue weighted by atomic mass is 10.1. The lowest BCUT2D eigenvalue weighted by molar-refractivity contribution is -0.274. The molecule has 2 nitrogen and oxygen atoms in total. The van der Waals surface area contributed by atoms with Crippen LogP contribution in [0.1, 0.15) is 5.56 Å². The Balaban J connectivity index is 2.64. The van der Waals surface area contributed by atoms with E-state index in [1.807, 2.05) is 0 Å². The summed E-state index contributed by atoms with van der Waals surface area (Å²) in [5.74, 6) is -0.298. The Kier molecular flexibility index (Phi) is 4.18. The van der Waals surface area contributed by atoms with Crippen LogP contribution in [-0.4, -0.2) is 18.0 Å². The summed E-state index contributed by atoms with van der Waals surface area (Å²) in [5, 5.41) is -0.672. The van der Waals surface area contributed by atoms with Gasteiger partial charge in [-0.15, -0.1) is 24.8 Å². The third kappa shape index (κ3) is 4.53. The van der Waals surface area contributed by atoms with Gasteiger partial charge < -0.3 is 9.53 Å². The largest absolute Gasteiger partial charge is 0.573 e. The zero-order valence-electron chi connectivity index (χ0n) is 8.00. The highest BCUT2D eigenvalue weighted by Gasteiger charge is 2.30. The molecule has 88 valence electrons. The summed E-state index contributed by atoms with van der Waals surface area (Å²) in [5.41, 5.74) is 0.668. The molecule has 0 saturated carbocycles. The summed E-state index contributed by atoms with van der Waals surface area (Å²) in [6.07, 6.45) is -3.85. The van der Waals surface area contributed by atoms with E-state index in [2.05, 4.69) is 4.74 Å². The first-order chi connectivity index (χ1) is 7.40. The van der Waals surface area contributed by atoms with E-state index >= 15 is 0 Å². The van der Waals surface area contributed by atoms with Crippen LogP contribution in [0, 0.1) is 0 Å². The van der Waals surface area contributed by atoms with E-state index in [9.17, 15) is 18.0 Å². The number of alkyl halides is 4. The summed E-state index contributed by atoms with van der Waals surface area (Å²) in [4.78, 5) is 10.3. The predicted octanol–water partition coefficient (Wildman–Crippen LogP) is 2.93. The van der Waals surface area contributed by atoms with Crippen molar-refractivity contribution in [2.45, 2.75) is 18.2 Å². The number of benzene rings is 1. The maximum Gasteiger partial charge on any atom is 0.573 e. The maximum absolute atomic E-state index is 11.8. The third-order valence-corrected chi connectivity index (χ3v) is 1.99. The Morgan fingerprint density at radius 1 is 1.31 bits per heavy atom. The molecule has 0 fully saturated rings. The number of rotatable bonds is 4. The zero-order valence-corrected chi connectivity index (χ0v) is 8.76. The van der Waals surface area contributed by atoms with Gasteiger partial charge in [-0.2, -0.15) is 0 Å². The number of carbonyl (C=O) groups is 1. The molecule has 0 aliphatic rings. The van der Waals surface area contributed by atoms with E-state index < -0.39 is 11.7 Å². The fourth-order valence-electron chi connectivity index (χ4n) is 1.10. The van der Waals surface area contributed by atoms with Crippen LogP contribution in [0.25, 0.3) is 0 Å². The highest BCUT2D eigenvalue weighted by molar-refractivity contribution is 6.27. The Morgan fingerprint density at radius 3 is 2.31 bits per heavy atom. The van der Waals surface area contributed by atoms with E-state index in [4.69, 9.17) is 11.6 Å². The first-order valence-corrected chi connectivity index (χ1v) is 4.78. The zero-order chi connectivity index (χ0) is 12.2. The minimum absolute atomic E-state index is 0.275. The molecule has 0 aliphatic heterocycles. The smallest absolute Gasteiger partial charge is 0.406 e. The molecule has 0 heterocycles. The van der Waals surface area contributed by atoms with Gasteiger partial charge in [-0.25, -0.2) is 0 Å². The van der Waals surface area contributed by atoms with Crippen molar-refractivity contribution >= 4 is 17.9 Å². The number of hydrogen-bond donors (Lipinski definition) is 0. The molecular formula is C10H8ClF3O2. The fourth-order valence-corrected chi connectivity index (χ4v) is 1.28. The van der Waals surface area contributed by atoms with Crippen LogP contribution in [0.4, 0.5) is 13.2 Å². The van der Waals surface area contributed by atoms with E-state index in [0.717, 1.165) is 0 Å². The Labute approximate surface area is 95.0 Å². The predicted molar refractivity (Wildman–Crippen MR) is 52.5 cm³/mol. The first kappa shape index (κ1) is 12.8. The lowest BCUT2D eigenvalue weighted by Gasteiger charge is -2.09. The molecule has 0 saturated heterocycles. The molecule has 0 radical (unpaired) electrons. The first-order valence-electron chi connectivity index (χ1n) is 4.35. The molecule has 1 aromatic carbocycles. The average molecular weight is 253 g/mol. The van der Waals surface area contributed by atoms with Crippen molar-refractivity contribution < 1.29 is 22.7 Å². The molecule has 0 aromatic heterocycles. The van der Waals surface area contributed by atoms with Crippen LogP contribution in [-0.2, 0) is 11.2 Å². The summed E-state index contributed by atoms with van der Waals surface area (Å²) in [7, 11) is 0. The molecule has 0 amide bonds. The quantitative estimate of drug-likeness (QED) is 0.608. The van der Waals surface area contributed by atoms with E-state index in [1.165, 1.54) is 24.3 Å². The number of hydrogen-bond acceptors (Lipinski definition) is 2. The van der Waals surface area contributed by atoms with Gasteiger partial charge in [0.2, 0.25) is 0 Å². The van der Waals surface area contributed by atoms with Gasteiger partial charge in [-0.05, 0) is 24.1 Å². The Hall–Kier alpha value is -1.23. The van der Waals surface area contributed by atoms with Crippen molar-refractivity contribution in [3.8, 4) is 5.75 Å². The summed E-state index contributed by atoms with van der Waals surface area (Å²) < 4.78 is 39.1. The molecule has 16 heavy (non-hydrogen) atoms. The minimum atomic E-state index is -4.70. The van der Waals surface area contributed by atoms with Crippen LogP contribution in [0.5, 0.6) is 5.75 Å². The number of halogens is 4. The van der Waals surface area contributed by atoms with Crippen molar-refractivity contribution in [1.29, 1.82) is 0 Å². The molecular weight excluding hydrogens is 245 g/mol. The normalized spacial score (nSPS) is 13.2. The third-order valence-electron chi connectivity index (χ3n) is 1.74. The minimum Gasteiger partial charge on any atom is -0.406 e. The second-order valence-corrected chi connectivity index (χ2v) is 3.61. The SMILES string of the molecule is O=CC(Cl)Cc1ccc(OC(F)(F)F)cc1. The Morgan fingerprint density at radius 2 is 1.88 bits per heavy atom. The van der Waals surface area contributed by atoms with E-state index in [1.54, 1.807) is 0 Å². The topological polar surface area (TPSA) is 26.3 Å². The van der Waals surface area contributed by atoms with Crippen molar-refractivity contribution in [3.05, 3.63) is 29.8 Å². The highest BCUT2D eigenvalue weighted by atomic mass is 35.5. The molecule has 1 rings (SSSR count). The summed E-state index contributed by atoms with van der Waals surface area (Å²) in [6, 6.07) is 5.22. The number of ether oxygens (including phenoxy) is 1. The number of carbonyl (C=O) groups excluding carboxylic acids is 1. The summed E-state index contributed by atoms with van der Waals surface area (Å²) in [6.45, 7) is 0. The van der Waals surface area contributed by atoms with Gasteiger partial charge in [0.15, 0.2) is 0 Å². The van der Waals surface area contributed by atoms with Gasteiger partial charge in [0, 0.05) is 0 Å². The van der Waals surface area contributed by atoms with Gasteiger partial charge in [0.25, 0.3) is 0 Å². The van der Waals surface area contributed by atoms with Gasteiger partial charge in [-0.1, -0.05) is 12.1 Å². The van der Waals surface area contributed by atoms with Gasteiger partial charge in [0.05, 0.1) is 5.38 Å². The maximum atomic E-state index is 11.8. The molecule has 0 spiro atoms. The van der Waals surface area contributed by atoms with E-state index in [0.29, 0.717) is 11.8 Å².